The molecule has 0 fully saturated rings. The zero-order valence-corrected chi connectivity index (χ0v) is 18.5. The quantitative estimate of drug-likeness (QED) is 0.444. The molecular weight excluding hydrogens is 456 g/mol. The summed E-state index contributed by atoms with van der Waals surface area (Å²) >= 11 is 0. The van der Waals surface area contributed by atoms with Crippen molar-refractivity contribution in [2.24, 2.45) is 5.14 Å². The summed E-state index contributed by atoms with van der Waals surface area (Å²) in [6.07, 6.45) is 3.10. The van der Waals surface area contributed by atoms with Gasteiger partial charge < -0.3 is 10.1 Å². The van der Waals surface area contributed by atoms with Crippen LogP contribution in [0.3, 0.4) is 0 Å². The summed E-state index contributed by atoms with van der Waals surface area (Å²) in [6, 6.07) is 12.7. The van der Waals surface area contributed by atoms with Crippen molar-refractivity contribution in [3.8, 4) is 5.75 Å². The van der Waals surface area contributed by atoms with E-state index in [0.29, 0.717) is 5.56 Å². The smallest absolute Gasteiger partial charge is 0.255 e. The van der Waals surface area contributed by atoms with Gasteiger partial charge in [0.05, 0.1) is 12.0 Å². The Labute approximate surface area is 185 Å². The maximum absolute atomic E-state index is 12.8. The van der Waals surface area contributed by atoms with Crippen LogP contribution >= 0.6 is 0 Å². The summed E-state index contributed by atoms with van der Waals surface area (Å²) < 4.78 is 56.3. The van der Waals surface area contributed by atoms with Crippen LogP contribution in [0.15, 0.2) is 76.8 Å². The van der Waals surface area contributed by atoms with E-state index in [-0.39, 0.29) is 33.3 Å². The Balaban J connectivity index is 1.86. The maximum atomic E-state index is 12.8. The van der Waals surface area contributed by atoms with Crippen molar-refractivity contribution >= 4 is 31.6 Å². The highest BCUT2D eigenvalue weighted by Gasteiger charge is 2.22. The number of nitrogens with one attached hydrogen (secondary N) is 2. The van der Waals surface area contributed by atoms with Crippen LogP contribution in [0.4, 0.5) is 5.69 Å². The molecule has 3 aromatic rings. The Morgan fingerprint density at radius 2 is 1.84 bits per heavy atom. The van der Waals surface area contributed by atoms with Crippen LogP contribution in [0.25, 0.3) is 0 Å². The first-order valence-electron chi connectivity index (χ1n) is 9.11. The molecule has 0 atom stereocenters. The predicted molar refractivity (Wildman–Crippen MR) is 117 cm³/mol. The van der Waals surface area contributed by atoms with Crippen molar-refractivity contribution in [3.05, 3.63) is 78.1 Å². The highest BCUT2D eigenvalue weighted by atomic mass is 32.2. The third-order valence-electron chi connectivity index (χ3n) is 4.32. The zero-order valence-electron chi connectivity index (χ0n) is 16.8. The van der Waals surface area contributed by atoms with E-state index in [0.717, 1.165) is 0 Å². The van der Waals surface area contributed by atoms with Crippen molar-refractivity contribution in [2.45, 2.75) is 16.3 Å². The van der Waals surface area contributed by atoms with E-state index in [2.05, 4.69) is 15.0 Å². The van der Waals surface area contributed by atoms with Gasteiger partial charge in [-0.15, -0.1) is 0 Å². The average molecular weight is 477 g/mol. The molecule has 1 amide bonds. The van der Waals surface area contributed by atoms with Crippen molar-refractivity contribution in [3.63, 3.8) is 0 Å². The molecule has 2 aromatic carbocycles. The lowest BCUT2D eigenvalue weighted by atomic mass is 10.2. The van der Waals surface area contributed by atoms with E-state index in [1.54, 1.807) is 18.3 Å². The summed E-state index contributed by atoms with van der Waals surface area (Å²) in [6.45, 7) is -0.00386. The van der Waals surface area contributed by atoms with E-state index in [1.807, 2.05) is 0 Å². The Bertz CT molecular complexity index is 1340. The first kappa shape index (κ1) is 23.3. The number of carbonyl (C=O) groups is 1. The van der Waals surface area contributed by atoms with E-state index < -0.39 is 26.0 Å². The molecule has 0 bridgehead atoms. The molecular formula is C20H20N4O6S2. The van der Waals surface area contributed by atoms with Crippen LogP contribution in [0.5, 0.6) is 5.75 Å². The molecule has 0 aliphatic rings. The first-order chi connectivity index (χ1) is 15.1. The fourth-order valence-corrected chi connectivity index (χ4v) is 4.51. The highest BCUT2D eigenvalue weighted by Crippen LogP contribution is 2.26. The highest BCUT2D eigenvalue weighted by molar-refractivity contribution is 7.89. The van der Waals surface area contributed by atoms with Gasteiger partial charge in [-0.3, -0.25) is 9.78 Å². The van der Waals surface area contributed by atoms with Gasteiger partial charge in [-0.25, -0.2) is 26.7 Å². The number of methoxy groups -OCH3 is 1. The van der Waals surface area contributed by atoms with Gasteiger partial charge in [-0.05, 0) is 48.0 Å². The fourth-order valence-electron chi connectivity index (χ4n) is 2.74. The minimum absolute atomic E-state index is 0.00386. The van der Waals surface area contributed by atoms with Crippen molar-refractivity contribution in [1.82, 2.24) is 9.71 Å². The second-order valence-corrected chi connectivity index (χ2v) is 9.88. The molecule has 1 aromatic heterocycles. The molecule has 10 nitrogen and oxygen atoms in total. The van der Waals surface area contributed by atoms with E-state index in [1.165, 1.54) is 55.8 Å². The fraction of sp³-hybridized carbons (Fsp3) is 0.100. The number of hydrogen-bond donors (Lipinski definition) is 3. The number of primary sulfonamides is 1. The molecule has 0 radical (unpaired) electrons. The number of nitrogens with two attached hydrogens (primary N) is 1. The Morgan fingerprint density at radius 3 is 2.50 bits per heavy atom. The number of sulfonamides is 2. The first-order valence-corrected chi connectivity index (χ1v) is 12.1. The van der Waals surface area contributed by atoms with Crippen LogP contribution in [-0.2, 0) is 26.6 Å². The number of amides is 1. The predicted octanol–water partition coefficient (Wildman–Crippen LogP) is 1.47. The number of aromatic nitrogens is 1. The standard InChI is InChI=1S/C20H20N4O6S2/c1-30-18-8-7-15(20(25)24-16-5-2-6-17(11-16)31(21,26)27)10-19(18)32(28,29)23-13-14-4-3-9-22-12-14/h2-12,23H,13H2,1H3,(H,24,25)(H2,21,26,27). The molecule has 168 valence electrons. The number of nitrogens with zero attached hydrogens (tertiary/aromatic N) is 1. The molecule has 0 unspecified atom stereocenters. The minimum atomic E-state index is -4.03. The summed E-state index contributed by atoms with van der Waals surface area (Å²) in [5.74, 6) is -0.598. The summed E-state index contributed by atoms with van der Waals surface area (Å²) in [7, 11) is -6.67. The van der Waals surface area contributed by atoms with Gasteiger partial charge >= 0.3 is 0 Å². The molecule has 4 N–H and O–H groups in total. The lowest BCUT2D eigenvalue weighted by molar-refractivity contribution is 0.102. The molecule has 0 saturated carbocycles. The maximum Gasteiger partial charge on any atom is 0.255 e. The van der Waals surface area contributed by atoms with Gasteiger partial charge in [0.25, 0.3) is 5.91 Å². The number of benzene rings is 2. The lowest BCUT2D eigenvalue weighted by Gasteiger charge is -2.13. The molecule has 3 rings (SSSR count). The van der Waals surface area contributed by atoms with Gasteiger partial charge in [-0.2, -0.15) is 0 Å². The largest absolute Gasteiger partial charge is 0.495 e. The monoisotopic (exact) mass is 476 g/mol. The van der Waals surface area contributed by atoms with Crippen molar-refractivity contribution in [1.29, 1.82) is 0 Å². The number of rotatable bonds is 8. The Morgan fingerprint density at radius 1 is 1.06 bits per heavy atom. The molecule has 0 saturated heterocycles. The van der Waals surface area contributed by atoms with Gasteiger partial charge in [0, 0.05) is 30.2 Å². The SMILES string of the molecule is COc1ccc(C(=O)Nc2cccc(S(N)(=O)=O)c2)cc1S(=O)(=O)NCc1cccnc1. The minimum Gasteiger partial charge on any atom is -0.495 e. The van der Waals surface area contributed by atoms with E-state index >= 15 is 0 Å². The average Bonchev–Trinajstić information content (AvgIpc) is 2.77. The summed E-state index contributed by atoms with van der Waals surface area (Å²) in [5.41, 5.74) is 0.851. The van der Waals surface area contributed by atoms with Crippen LogP contribution in [0, 0.1) is 0 Å². The number of anilines is 1. The second kappa shape index (κ2) is 9.44. The van der Waals surface area contributed by atoms with Gasteiger partial charge in [0.2, 0.25) is 20.0 Å². The van der Waals surface area contributed by atoms with Crippen molar-refractivity contribution < 1.29 is 26.4 Å². The third-order valence-corrected chi connectivity index (χ3v) is 6.66. The summed E-state index contributed by atoms with van der Waals surface area (Å²) in [5, 5.41) is 7.63. The molecule has 0 aliphatic heterocycles. The Hall–Kier alpha value is -3.32. The Kier molecular flexibility index (Phi) is 6.89. The molecule has 32 heavy (non-hydrogen) atoms. The lowest BCUT2D eigenvalue weighted by Crippen LogP contribution is -2.24. The number of hydrogen-bond acceptors (Lipinski definition) is 7. The zero-order chi connectivity index (χ0) is 23.4. The van der Waals surface area contributed by atoms with Crippen LogP contribution in [-0.4, -0.2) is 34.8 Å². The second-order valence-electron chi connectivity index (χ2n) is 6.58. The van der Waals surface area contributed by atoms with E-state index in [4.69, 9.17) is 9.88 Å². The van der Waals surface area contributed by atoms with Gasteiger partial charge in [0.1, 0.15) is 10.6 Å². The van der Waals surface area contributed by atoms with Crippen molar-refractivity contribution in [2.75, 3.05) is 12.4 Å². The summed E-state index contributed by atoms with van der Waals surface area (Å²) in [4.78, 5) is 16.2. The molecule has 0 spiro atoms. The number of carbonyl (C=O) groups excluding carboxylic acids is 1. The molecule has 0 aliphatic carbocycles. The normalized spacial score (nSPS) is 11.7. The number of pyridine rings is 1. The molecule has 12 heteroatoms. The van der Waals surface area contributed by atoms with Gasteiger partial charge in [-0.1, -0.05) is 12.1 Å². The number of ether oxygens (including phenoxy) is 1. The van der Waals surface area contributed by atoms with Gasteiger partial charge in [0.15, 0.2) is 0 Å². The van der Waals surface area contributed by atoms with Crippen LogP contribution in [0.2, 0.25) is 0 Å². The third kappa shape index (κ3) is 5.68. The molecule has 1 heterocycles. The van der Waals surface area contributed by atoms with Crippen LogP contribution in [0.1, 0.15) is 15.9 Å². The van der Waals surface area contributed by atoms with E-state index in [9.17, 15) is 21.6 Å². The topological polar surface area (TPSA) is 158 Å². The van der Waals surface area contributed by atoms with Crippen LogP contribution < -0.4 is 19.9 Å².